The minimum absolute atomic E-state index is 0.0164. The van der Waals surface area contributed by atoms with Gasteiger partial charge in [-0.05, 0) is 25.3 Å². The maximum atomic E-state index is 14.0. The molecule has 0 heterocycles. The summed E-state index contributed by atoms with van der Waals surface area (Å²) in [5.41, 5.74) is 0.614. The monoisotopic (exact) mass is 279 g/mol. The highest BCUT2D eigenvalue weighted by Crippen LogP contribution is 2.33. The molecule has 0 saturated heterocycles. The van der Waals surface area contributed by atoms with E-state index in [1.165, 1.54) is 6.07 Å². The van der Waals surface area contributed by atoms with Gasteiger partial charge in [-0.15, -0.1) is 0 Å². The maximum absolute atomic E-state index is 14.0. The minimum Gasteiger partial charge on any atom is -0.480 e. The van der Waals surface area contributed by atoms with Crippen molar-refractivity contribution in [2.45, 2.75) is 51.1 Å². The number of hydrogen-bond acceptors (Lipinski definition) is 2. The van der Waals surface area contributed by atoms with Crippen molar-refractivity contribution in [1.82, 2.24) is 4.90 Å². The summed E-state index contributed by atoms with van der Waals surface area (Å²) < 4.78 is 14.0. The lowest BCUT2D eigenvalue weighted by Crippen LogP contribution is -2.40. The summed E-state index contributed by atoms with van der Waals surface area (Å²) in [5.74, 6) is -1.08. The Morgan fingerprint density at radius 1 is 1.40 bits per heavy atom. The molecule has 20 heavy (non-hydrogen) atoms. The second-order valence-electron chi connectivity index (χ2n) is 5.45. The van der Waals surface area contributed by atoms with E-state index in [4.69, 9.17) is 5.11 Å². The average Bonchev–Trinajstić information content (AvgIpc) is 2.94. The van der Waals surface area contributed by atoms with Crippen molar-refractivity contribution in [2.24, 2.45) is 0 Å². The number of nitrogens with zero attached hydrogens (tertiary/aromatic N) is 1. The Morgan fingerprint density at radius 3 is 2.60 bits per heavy atom. The summed E-state index contributed by atoms with van der Waals surface area (Å²) in [6.45, 7) is 1.97. The molecule has 3 nitrogen and oxygen atoms in total. The highest BCUT2D eigenvalue weighted by molar-refractivity contribution is 5.69. The summed E-state index contributed by atoms with van der Waals surface area (Å²) in [6.07, 6.45) is 5.00. The first-order valence-electron chi connectivity index (χ1n) is 7.35. The van der Waals surface area contributed by atoms with Crippen LogP contribution in [0.1, 0.15) is 50.6 Å². The van der Waals surface area contributed by atoms with Crippen LogP contribution >= 0.6 is 0 Å². The molecule has 0 amide bonds. The first-order valence-corrected chi connectivity index (χ1v) is 7.35. The molecule has 0 radical (unpaired) electrons. The highest BCUT2D eigenvalue weighted by Gasteiger charge is 2.31. The van der Waals surface area contributed by atoms with E-state index in [-0.39, 0.29) is 24.4 Å². The fourth-order valence-corrected chi connectivity index (χ4v) is 3.26. The Balaban J connectivity index is 2.28. The van der Waals surface area contributed by atoms with Gasteiger partial charge in [0, 0.05) is 17.6 Å². The third kappa shape index (κ3) is 3.37. The lowest BCUT2D eigenvalue weighted by Gasteiger charge is -2.35. The number of carboxylic acids is 1. The van der Waals surface area contributed by atoms with Crippen molar-refractivity contribution in [3.8, 4) is 0 Å². The standard InChI is InChI=1S/C16H22FNO2/c1-2-15(13-9-5-6-10-14(13)17)18(11-16(19)20)12-7-3-4-8-12/h5-6,9-10,12,15H,2-4,7-8,11H2,1H3,(H,19,20). The molecular weight excluding hydrogens is 257 g/mol. The molecule has 2 rings (SSSR count). The zero-order valence-corrected chi connectivity index (χ0v) is 11.9. The molecule has 1 unspecified atom stereocenters. The van der Waals surface area contributed by atoms with Crippen LogP contribution in [0.25, 0.3) is 0 Å². The first kappa shape index (κ1) is 15.0. The Bertz CT molecular complexity index is 458. The molecule has 1 aromatic carbocycles. The van der Waals surface area contributed by atoms with Gasteiger partial charge in [0.15, 0.2) is 0 Å². The second-order valence-corrected chi connectivity index (χ2v) is 5.45. The summed E-state index contributed by atoms with van der Waals surface area (Å²) in [4.78, 5) is 13.1. The molecule has 1 aliphatic rings. The van der Waals surface area contributed by atoms with Gasteiger partial charge in [-0.1, -0.05) is 38.0 Å². The fourth-order valence-electron chi connectivity index (χ4n) is 3.26. The van der Waals surface area contributed by atoms with Crippen molar-refractivity contribution in [3.63, 3.8) is 0 Å². The topological polar surface area (TPSA) is 40.5 Å². The fraction of sp³-hybridized carbons (Fsp3) is 0.562. The average molecular weight is 279 g/mol. The van der Waals surface area contributed by atoms with Crippen LogP contribution in [0.4, 0.5) is 4.39 Å². The Labute approximate surface area is 119 Å². The summed E-state index contributed by atoms with van der Waals surface area (Å²) in [5, 5.41) is 9.17. The van der Waals surface area contributed by atoms with Crippen molar-refractivity contribution in [1.29, 1.82) is 0 Å². The van der Waals surface area contributed by atoms with Crippen molar-refractivity contribution in [2.75, 3.05) is 6.54 Å². The molecular formula is C16H22FNO2. The van der Waals surface area contributed by atoms with Crippen LogP contribution in [-0.4, -0.2) is 28.6 Å². The predicted molar refractivity (Wildman–Crippen MR) is 76.0 cm³/mol. The molecule has 4 heteroatoms. The van der Waals surface area contributed by atoms with Crippen LogP contribution in [0.15, 0.2) is 24.3 Å². The minimum atomic E-state index is -0.841. The van der Waals surface area contributed by atoms with Crippen LogP contribution in [0.3, 0.4) is 0 Å². The van der Waals surface area contributed by atoms with Gasteiger partial charge in [-0.3, -0.25) is 9.69 Å². The van der Waals surface area contributed by atoms with Gasteiger partial charge in [-0.2, -0.15) is 0 Å². The smallest absolute Gasteiger partial charge is 0.317 e. The van der Waals surface area contributed by atoms with E-state index in [0.29, 0.717) is 12.0 Å². The van der Waals surface area contributed by atoms with Crippen LogP contribution < -0.4 is 0 Å². The number of aliphatic carboxylic acids is 1. The van der Waals surface area contributed by atoms with E-state index in [1.54, 1.807) is 12.1 Å². The Morgan fingerprint density at radius 2 is 2.05 bits per heavy atom. The van der Waals surface area contributed by atoms with Crippen molar-refractivity contribution >= 4 is 5.97 Å². The molecule has 1 N–H and O–H groups in total. The van der Waals surface area contributed by atoms with E-state index in [1.807, 2.05) is 17.9 Å². The Kier molecular flexibility index (Phi) is 5.12. The highest BCUT2D eigenvalue weighted by atomic mass is 19.1. The molecule has 110 valence electrons. The van der Waals surface area contributed by atoms with Crippen LogP contribution in [-0.2, 0) is 4.79 Å². The number of carboxylic acid groups (broad SMARTS) is 1. The largest absolute Gasteiger partial charge is 0.480 e. The van der Waals surface area contributed by atoms with Gasteiger partial charge in [0.1, 0.15) is 5.82 Å². The van der Waals surface area contributed by atoms with Gasteiger partial charge in [0.2, 0.25) is 0 Å². The van der Waals surface area contributed by atoms with E-state index < -0.39 is 5.97 Å². The summed E-state index contributed by atoms with van der Waals surface area (Å²) in [6, 6.07) is 6.81. The molecule has 0 bridgehead atoms. The summed E-state index contributed by atoms with van der Waals surface area (Å²) in [7, 11) is 0. The molecule has 0 aromatic heterocycles. The lowest BCUT2D eigenvalue weighted by molar-refractivity contribution is -0.139. The molecule has 1 aliphatic carbocycles. The Hall–Kier alpha value is -1.42. The van der Waals surface area contributed by atoms with E-state index >= 15 is 0 Å². The number of carbonyl (C=O) groups is 1. The predicted octanol–water partition coefficient (Wildman–Crippen LogP) is 3.61. The lowest BCUT2D eigenvalue weighted by atomic mass is 9.99. The number of hydrogen-bond donors (Lipinski definition) is 1. The van der Waals surface area contributed by atoms with Gasteiger partial charge >= 0.3 is 5.97 Å². The SMILES string of the molecule is CCC(c1ccccc1F)N(CC(=O)O)C1CCCC1. The molecule has 1 fully saturated rings. The van der Waals surface area contributed by atoms with Gasteiger partial charge in [0.05, 0.1) is 6.54 Å². The normalized spacial score (nSPS) is 17.6. The van der Waals surface area contributed by atoms with Crippen LogP contribution in [0, 0.1) is 5.82 Å². The van der Waals surface area contributed by atoms with Crippen LogP contribution in [0.2, 0.25) is 0 Å². The molecule has 0 spiro atoms. The summed E-state index contributed by atoms with van der Waals surface area (Å²) >= 11 is 0. The zero-order chi connectivity index (χ0) is 14.5. The first-order chi connectivity index (χ1) is 9.63. The molecule has 1 atom stereocenters. The van der Waals surface area contributed by atoms with E-state index in [9.17, 15) is 9.18 Å². The van der Waals surface area contributed by atoms with Crippen molar-refractivity contribution < 1.29 is 14.3 Å². The molecule has 1 aromatic rings. The van der Waals surface area contributed by atoms with Gasteiger partial charge in [-0.25, -0.2) is 4.39 Å². The van der Waals surface area contributed by atoms with Crippen molar-refractivity contribution in [3.05, 3.63) is 35.6 Å². The number of rotatable bonds is 6. The van der Waals surface area contributed by atoms with Gasteiger partial charge < -0.3 is 5.11 Å². The maximum Gasteiger partial charge on any atom is 0.317 e. The third-order valence-corrected chi connectivity index (χ3v) is 4.16. The third-order valence-electron chi connectivity index (χ3n) is 4.16. The zero-order valence-electron chi connectivity index (χ0n) is 11.9. The number of halogens is 1. The van der Waals surface area contributed by atoms with E-state index in [2.05, 4.69) is 0 Å². The van der Waals surface area contributed by atoms with Gasteiger partial charge in [0.25, 0.3) is 0 Å². The quantitative estimate of drug-likeness (QED) is 0.865. The second kappa shape index (κ2) is 6.84. The van der Waals surface area contributed by atoms with Crippen LogP contribution in [0.5, 0.6) is 0 Å². The molecule has 0 aliphatic heterocycles. The number of benzene rings is 1. The van der Waals surface area contributed by atoms with E-state index in [0.717, 1.165) is 25.7 Å². The molecule has 1 saturated carbocycles.